The van der Waals surface area contributed by atoms with Crippen molar-refractivity contribution in [2.24, 2.45) is 0 Å². The Hall–Kier alpha value is -2.55. The van der Waals surface area contributed by atoms with Gasteiger partial charge >= 0.3 is 11.8 Å². The molecule has 0 radical (unpaired) electrons. The number of nitrogens with zero attached hydrogens (tertiary/aromatic N) is 3. The van der Waals surface area contributed by atoms with Gasteiger partial charge in [0.2, 0.25) is 0 Å². The van der Waals surface area contributed by atoms with E-state index in [1.165, 1.54) is 28.6 Å². The number of rotatable bonds is 6. The van der Waals surface area contributed by atoms with E-state index >= 15 is 0 Å². The molecule has 1 atom stereocenters. The fourth-order valence-corrected chi connectivity index (χ4v) is 5.14. The summed E-state index contributed by atoms with van der Waals surface area (Å²) < 4.78 is 0. The zero-order chi connectivity index (χ0) is 23.4. The van der Waals surface area contributed by atoms with Crippen LogP contribution in [-0.2, 0) is 16.0 Å². The van der Waals surface area contributed by atoms with E-state index in [0.717, 1.165) is 44.0 Å². The van der Waals surface area contributed by atoms with Crippen molar-refractivity contribution < 1.29 is 9.59 Å². The van der Waals surface area contributed by atoms with Gasteiger partial charge < -0.3 is 20.4 Å². The van der Waals surface area contributed by atoms with Gasteiger partial charge in [-0.25, -0.2) is 0 Å². The number of piperazine rings is 1. The van der Waals surface area contributed by atoms with E-state index in [9.17, 15) is 9.59 Å². The van der Waals surface area contributed by atoms with Crippen molar-refractivity contribution >= 4 is 35.0 Å². The molecular weight excluding hydrogens is 434 g/mol. The number of hydrogen-bond acceptors (Lipinski definition) is 6. The van der Waals surface area contributed by atoms with Crippen LogP contribution in [0.25, 0.3) is 0 Å². The molecule has 7 nitrogen and oxygen atoms in total. The van der Waals surface area contributed by atoms with Gasteiger partial charge in [-0.1, -0.05) is 24.3 Å². The van der Waals surface area contributed by atoms with Gasteiger partial charge in [-0.15, -0.1) is 11.8 Å². The highest BCUT2D eigenvalue weighted by atomic mass is 32.2. The van der Waals surface area contributed by atoms with E-state index in [1.807, 2.05) is 30.5 Å². The van der Waals surface area contributed by atoms with Gasteiger partial charge in [-0.3, -0.25) is 14.5 Å². The SMILES string of the molecule is CSc1ccccc1NC(=O)C(=O)NC[C@H](c1ccc2c(c1)CCN2C)N1CCN(C)CC1. The Kier molecular flexibility index (Phi) is 7.57. The van der Waals surface area contributed by atoms with Crippen LogP contribution in [0.15, 0.2) is 47.4 Å². The van der Waals surface area contributed by atoms with Gasteiger partial charge in [0.15, 0.2) is 0 Å². The van der Waals surface area contributed by atoms with Crippen molar-refractivity contribution in [2.75, 3.05) is 69.8 Å². The van der Waals surface area contributed by atoms with Crippen molar-refractivity contribution in [3.63, 3.8) is 0 Å². The summed E-state index contributed by atoms with van der Waals surface area (Å²) >= 11 is 1.53. The fraction of sp³-hybridized carbons (Fsp3) is 0.440. The molecule has 2 aliphatic heterocycles. The number of thioether (sulfide) groups is 1. The Morgan fingerprint density at radius 1 is 1.00 bits per heavy atom. The average molecular weight is 468 g/mol. The first kappa shape index (κ1) is 23.6. The third-order valence-corrected chi connectivity index (χ3v) is 7.41. The highest BCUT2D eigenvalue weighted by Crippen LogP contribution is 2.31. The molecule has 33 heavy (non-hydrogen) atoms. The fourth-order valence-electron chi connectivity index (χ4n) is 4.58. The van der Waals surface area contributed by atoms with Crippen LogP contribution in [0.3, 0.4) is 0 Å². The quantitative estimate of drug-likeness (QED) is 0.503. The number of carbonyl (C=O) groups excluding carboxylic acids is 2. The number of benzene rings is 2. The lowest BCUT2D eigenvalue weighted by Crippen LogP contribution is -2.49. The number of para-hydroxylation sites is 1. The number of hydrogen-bond donors (Lipinski definition) is 2. The predicted octanol–water partition coefficient (Wildman–Crippen LogP) is 2.44. The van der Waals surface area contributed by atoms with E-state index in [4.69, 9.17) is 0 Å². The molecule has 0 aromatic heterocycles. The first-order chi connectivity index (χ1) is 16.0. The molecule has 2 heterocycles. The molecule has 0 aliphatic carbocycles. The van der Waals surface area contributed by atoms with Crippen molar-refractivity contribution in [3.8, 4) is 0 Å². The third kappa shape index (κ3) is 5.51. The molecule has 0 unspecified atom stereocenters. The zero-order valence-corrected chi connectivity index (χ0v) is 20.5. The lowest BCUT2D eigenvalue weighted by atomic mass is 10.00. The molecule has 2 aromatic carbocycles. The van der Waals surface area contributed by atoms with Crippen molar-refractivity contribution in [1.82, 2.24) is 15.1 Å². The summed E-state index contributed by atoms with van der Waals surface area (Å²) in [5.74, 6) is -1.24. The Labute approximate surface area is 200 Å². The van der Waals surface area contributed by atoms with Crippen LogP contribution in [-0.4, -0.2) is 81.2 Å². The molecular formula is C25H33N5O2S. The molecule has 176 valence electrons. The second-order valence-corrected chi connectivity index (χ2v) is 9.63. The Morgan fingerprint density at radius 2 is 1.76 bits per heavy atom. The van der Waals surface area contributed by atoms with Crippen LogP contribution < -0.4 is 15.5 Å². The van der Waals surface area contributed by atoms with E-state index in [2.05, 4.69) is 57.6 Å². The van der Waals surface area contributed by atoms with E-state index in [-0.39, 0.29) is 6.04 Å². The number of fused-ring (bicyclic) bond motifs is 1. The topological polar surface area (TPSA) is 67.9 Å². The Morgan fingerprint density at radius 3 is 2.52 bits per heavy atom. The van der Waals surface area contributed by atoms with Gasteiger partial charge in [0, 0.05) is 56.9 Å². The molecule has 0 bridgehead atoms. The summed E-state index contributed by atoms with van der Waals surface area (Å²) in [4.78, 5) is 33.2. The van der Waals surface area contributed by atoms with Crippen LogP contribution in [0.1, 0.15) is 17.2 Å². The smallest absolute Gasteiger partial charge is 0.313 e. The summed E-state index contributed by atoms with van der Waals surface area (Å²) in [6.07, 6.45) is 2.98. The first-order valence-electron chi connectivity index (χ1n) is 11.4. The number of nitrogens with one attached hydrogen (secondary N) is 2. The third-order valence-electron chi connectivity index (χ3n) is 6.61. The standard InChI is InChI=1S/C25H33N5O2S/c1-28-12-14-30(15-13-28)22(18-8-9-21-19(16-18)10-11-29(21)2)17-26-24(31)25(32)27-20-6-4-5-7-23(20)33-3/h4-9,16,22H,10-15,17H2,1-3H3,(H,26,31)(H,27,32)/t22-/m1/s1. The molecule has 2 aromatic rings. The maximum Gasteiger partial charge on any atom is 0.313 e. The van der Waals surface area contributed by atoms with E-state index in [1.54, 1.807) is 0 Å². The molecule has 2 N–H and O–H groups in total. The monoisotopic (exact) mass is 467 g/mol. The second kappa shape index (κ2) is 10.6. The molecule has 2 amide bonds. The minimum atomic E-state index is -0.635. The van der Waals surface area contributed by atoms with Gasteiger partial charge in [0.1, 0.15) is 0 Å². The minimum Gasteiger partial charge on any atom is -0.374 e. The maximum atomic E-state index is 12.7. The normalized spacial score (nSPS) is 17.5. The molecule has 8 heteroatoms. The van der Waals surface area contributed by atoms with Crippen LogP contribution >= 0.6 is 11.8 Å². The van der Waals surface area contributed by atoms with Crippen molar-refractivity contribution in [1.29, 1.82) is 0 Å². The number of likely N-dealkylation sites (N-methyl/N-ethyl adjacent to an activating group) is 2. The van der Waals surface area contributed by atoms with Crippen LogP contribution in [0, 0.1) is 0 Å². The lowest BCUT2D eigenvalue weighted by molar-refractivity contribution is -0.136. The van der Waals surface area contributed by atoms with Gasteiger partial charge in [0.25, 0.3) is 0 Å². The van der Waals surface area contributed by atoms with Crippen molar-refractivity contribution in [3.05, 3.63) is 53.6 Å². The summed E-state index contributed by atoms with van der Waals surface area (Å²) in [6, 6.07) is 14.2. The zero-order valence-electron chi connectivity index (χ0n) is 19.6. The highest BCUT2D eigenvalue weighted by molar-refractivity contribution is 7.98. The van der Waals surface area contributed by atoms with Gasteiger partial charge in [-0.2, -0.15) is 0 Å². The summed E-state index contributed by atoms with van der Waals surface area (Å²) in [5.41, 5.74) is 4.49. The summed E-state index contributed by atoms with van der Waals surface area (Å²) in [7, 11) is 4.26. The predicted molar refractivity (Wildman–Crippen MR) is 135 cm³/mol. The Balaban J connectivity index is 1.46. The average Bonchev–Trinajstić information content (AvgIpc) is 3.20. The number of carbonyl (C=O) groups is 2. The minimum absolute atomic E-state index is 0.0325. The molecule has 1 fully saturated rings. The highest BCUT2D eigenvalue weighted by Gasteiger charge is 2.27. The van der Waals surface area contributed by atoms with E-state index < -0.39 is 11.8 Å². The summed E-state index contributed by atoms with van der Waals surface area (Å²) in [6.45, 7) is 5.28. The van der Waals surface area contributed by atoms with Crippen LogP contribution in [0.4, 0.5) is 11.4 Å². The van der Waals surface area contributed by atoms with E-state index in [0.29, 0.717) is 12.2 Å². The summed E-state index contributed by atoms with van der Waals surface area (Å²) in [5, 5.41) is 5.65. The Bertz CT molecular complexity index is 1010. The maximum absolute atomic E-state index is 12.7. The lowest BCUT2D eigenvalue weighted by Gasteiger charge is -2.38. The van der Waals surface area contributed by atoms with Crippen LogP contribution in [0.2, 0.25) is 0 Å². The van der Waals surface area contributed by atoms with Crippen molar-refractivity contribution in [2.45, 2.75) is 17.4 Å². The number of amides is 2. The van der Waals surface area contributed by atoms with Crippen LogP contribution in [0.5, 0.6) is 0 Å². The van der Waals surface area contributed by atoms with Gasteiger partial charge in [0.05, 0.1) is 11.7 Å². The molecule has 0 saturated carbocycles. The number of anilines is 2. The molecule has 4 rings (SSSR count). The second-order valence-electron chi connectivity index (χ2n) is 8.78. The largest absolute Gasteiger partial charge is 0.374 e. The first-order valence-corrected chi connectivity index (χ1v) is 12.7. The molecule has 0 spiro atoms. The molecule has 1 saturated heterocycles. The van der Waals surface area contributed by atoms with Gasteiger partial charge in [-0.05, 0) is 49.1 Å². The molecule has 2 aliphatic rings.